The van der Waals surface area contributed by atoms with Gasteiger partial charge >= 0.3 is 0 Å². The van der Waals surface area contributed by atoms with Crippen molar-refractivity contribution in [2.75, 3.05) is 0 Å². The Morgan fingerprint density at radius 1 is 1.36 bits per heavy atom. The van der Waals surface area contributed by atoms with Crippen LogP contribution in [0.4, 0.5) is 4.39 Å². The van der Waals surface area contributed by atoms with Gasteiger partial charge in [-0.3, -0.25) is 0 Å². The zero-order valence-corrected chi connectivity index (χ0v) is 8.79. The lowest BCUT2D eigenvalue weighted by Gasteiger charge is -1.93. The van der Waals surface area contributed by atoms with Crippen LogP contribution in [0.25, 0.3) is 11.3 Å². The van der Waals surface area contributed by atoms with Gasteiger partial charge in [0.1, 0.15) is 17.3 Å². The molecule has 0 spiro atoms. The number of rotatable bonds is 2. The average molecular weight is 256 g/mol. The Morgan fingerprint density at radius 3 is 2.86 bits per heavy atom. The van der Waals surface area contributed by atoms with Crippen LogP contribution in [-0.2, 0) is 5.33 Å². The first-order valence-corrected chi connectivity index (χ1v) is 5.19. The van der Waals surface area contributed by atoms with Crippen LogP contribution in [0.1, 0.15) is 5.76 Å². The van der Waals surface area contributed by atoms with Crippen LogP contribution in [0.2, 0.25) is 0 Å². The molecule has 0 aliphatic rings. The number of hydrogen-bond donors (Lipinski definition) is 0. The van der Waals surface area contributed by atoms with Crippen molar-refractivity contribution in [3.63, 3.8) is 0 Å². The van der Waals surface area contributed by atoms with Gasteiger partial charge in [0.25, 0.3) is 0 Å². The molecule has 0 atom stereocenters. The van der Waals surface area contributed by atoms with Crippen LogP contribution in [0, 0.1) is 5.82 Å². The number of nitrogens with zero attached hydrogens (tertiary/aromatic N) is 1. The Balaban J connectivity index is 2.39. The molecule has 0 N–H and O–H groups in total. The second kappa shape index (κ2) is 3.92. The van der Waals surface area contributed by atoms with Crippen molar-refractivity contribution >= 4 is 15.9 Å². The summed E-state index contributed by atoms with van der Waals surface area (Å²) in [5.74, 6) is 0.454. The standard InChI is InChI=1S/C10H7BrFNO/c11-6-9-5-10(13-14-9)7-2-1-3-8(12)4-7/h1-5H,6H2. The molecule has 1 aromatic carbocycles. The molecule has 2 rings (SSSR count). The molecule has 0 fully saturated rings. The molecule has 1 aromatic heterocycles. The maximum atomic E-state index is 12.9. The number of benzene rings is 1. The second-order valence-electron chi connectivity index (χ2n) is 2.82. The number of aromatic nitrogens is 1. The largest absolute Gasteiger partial charge is 0.360 e. The van der Waals surface area contributed by atoms with Gasteiger partial charge in [-0.1, -0.05) is 33.2 Å². The Morgan fingerprint density at radius 2 is 2.21 bits per heavy atom. The molecule has 0 bridgehead atoms. The van der Waals surface area contributed by atoms with Gasteiger partial charge in [-0.25, -0.2) is 4.39 Å². The minimum absolute atomic E-state index is 0.272. The zero-order chi connectivity index (χ0) is 9.97. The maximum Gasteiger partial charge on any atom is 0.147 e. The van der Waals surface area contributed by atoms with Crippen molar-refractivity contribution < 1.29 is 8.91 Å². The van der Waals surface area contributed by atoms with Crippen LogP contribution in [0.15, 0.2) is 34.9 Å². The van der Waals surface area contributed by atoms with Crippen molar-refractivity contribution in [2.45, 2.75) is 5.33 Å². The Hall–Kier alpha value is -1.16. The molecule has 0 radical (unpaired) electrons. The van der Waals surface area contributed by atoms with Crippen molar-refractivity contribution in [2.24, 2.45) is 0 Å². The third kappa shape index (κ3) is 1.85. The monoisotopic (exact) mass is 255 g/mol. The van der Waals surface area contributed by atoms with Crippen LogP contribution in [0.5, 0.6) is 0 Å². The van der Waals surface area contributed by atoms with E-state index in [-0.39, 0.29) is 5.82 Å². The summed E-state index contributed by atoms with van der Waals surface area (Å²) in [6.07, 6.45) is 0. The van der Waals surface area contributed by atoms with E-state index < -0.39 is 0 Å². The highest BCUT2D eigenvalue weighted by atomic mass is 79.9. The lowest BCUT2D eigenvalue weighted by Crippen LogP contribution is -1.78. The van der Waals surface area contributed by atoms with E-state index in [1.807, 2.05) is 0 Å². The summed E-state index contributed by atoms with van der Waals surface area (Å²) in [5.41, 5.74) is 1.37. The summed E-state index contributed by atoms with van der Waals surface area (Å²) in [6, 6.07) is 8.04. The van der Waals surface area contributed by atoms with Crippen LogP contribution >= 0.6 is 15.9 Å². The molecule has 2 aromatic rings. The second-order valence-corrected chi connectivity index (χ2v) is 3.38. The first kappa shape index (κ1) is 9.40. The predicted octanol–water partition coefficient (Wildman–Crippen LogP) is 3.38. The molecule has 4 heteroatoms. The fourth-order valence-electron chi connectivity index (χ4n) is 1.16. The Kier molecular flexibility index (Phi) is 2.63. The molecule has 72 valence electrons. The van der Waals surface area contributed by atoms with E-state index in [0.717, 1.165) is 11.3 Å². The lowest BCUT2D eigenvalue weighted by molar-refractivity contribution is 0.398. The summed E-state index contributed by atoms with van der Waals surface area (Å²) < 4.78 is 17.9. The van der Waals surface area contributed by atoms with Crippen molar-refractivity contribution in [3.8, 4) is 11.3 Å². The van der Waals surface area contributed by atoms with Gasteiger partial charge < -0.3 is 4.52 Å². The van der Waals surface area contributed by atoms with Gasteiger partial charge in [-0.2, -0.15) is 0 Å². The van der Waals surface area contributed by atoms with Gasteiger partial charge in [-0.05, 0) is 12.1 Å². The summed E-state index contributed by atoms with van der Waals surface area (Å²) >= 11 is 3.25. The van der Waals surface area contributed by atoms with E-state index in [1.54, 1.807) is 18.2 Å². The SMILES string of the molecule is Fc1cccc(-c2cc(CBr)on2)c1. The lowest BCUT2D eigenvalue weighted by atomic mass is 10.1. The predicted molar refractivity (Wildman–Crippen MR) is 54.5 cm³/mol. The van der Waals surface area contributed by atoms with Gasteiger partial charge in [-0.15, -0.1) is 0 Å². The molecular weight excluding hydrogens is 249 g/mol. The molecule has 0 aliphatic carbocycles. The molecule has 0 amide bonds. The van der Waals surface area contributed by atoms with E-state index in [1.165, 1.54) is 12.1 Å². The topological polar surface area (TPSA) is 26.0 Å². The van der Waals surface area contributed by atoms with Gasteiger partial charge in [0, 0.05) is 11.6 Å². The van der Waals surface area contributed by atoms with Crippen LogP contribution in [-0.4, -0.2) is 5.16 Å². The molecule has 2 nitrogen and oxygen atoms in total. The zero-order valence-electron chi connectivity index (χ0n) is 7.21. The van der Waals surface area contributed by atoms with E-state index in [4.69, 9.17) is 4.52 Å². The Bertz CT molecular complexity index is 441. The van der Waals surface area contributed by atoms with Crippen molar-refractivity contribution in [3.05, 3.63) is 41.9 Å². The molecule has 0 saturated carbocycles. The summed E-state index contributed by atoms with van der Waals surface area (Å²) in [4.78, 5) is 0. The first-order valence-electron chi connectivity index (χ1n) is 4.07. The van der Waals surface area contributed by atoms with Crippen LogP contribution < -0.4 is 0 Å². The van der Waals surface area contributed by atoms with Gasteiger partial charge in [0.15, 0.2) is 0 Å². The molecular formula is C10H7BrFNO. The third-order valence-corrected chi connectivity index (χ3v) is 2.36. The van der Waals surface area contributed by atoms with E-state index >= 15 is 0 Å². The molecule has 14 heavy (non-hydrogen) atoms. The van der Waals surface area contributed by atoms with Gasteiger partial charge in [0.2, 0.25) is 0 Å². The molecule has 1 heterocycles. The third-order valence-electron chi connectivity index (χ3n) is 1.81. The maximum absolute atomic E-state index is 12.9. The smallest absolute Gasteiger partial charge is 0.147 e. The Labute approximate surface area is 88.9 Å². The van der Waals surface area contributed by atoms with Crippen LogP contribution in [0.3, 0.4) is 0 Å². The normalized spacial score (nSPS) is 10.4. The highest BCUT2D eigenvalue weighted by Crippen LogP contribution is 2.20. The fraction of sp³-hybridized carbons (Fsp3) is 0.100. The average Bonchev–Trinajstić information content (AvgIpc) is 2.66. The van der Waals surface area contributed by atoms with Gasteiger partial charge in [0.05, 0.1) is 5.33 Å². The minimum atomic E-state index is -0.272. The highest BCUT2D eigenvalue weighted by molar-refractivity contribution is 9.08. The summed E-state index contributed by atoms with van der Waals surface area (Å²) in [6.45, 7) is 0. The quantitative estimate of drug-likeness (QED) is 0.770. The molecule has 0 aliphatic heterocycles. The number of hydrogen-bond acceptors (Lipinski definition) is 2. The molecule has 0 saturated heterocycles. The van der Waals surface area contributed by atoms with E-state index in [9.17, 15) is 4.39 Å². The number of halogens is 2. The van der Waals surface area contributed by atoms with Crippen molar-refractivity contribution in [1.82, 2.24) is 5.16 Å². The highest BCUT2D eigenvalue weighted by Gasteiger charge is 2.05. The summed E-state index contributed by atoms with van der Waals surface area (Å²) in [7, 11) is 0. The fourth-order valence-corrected chi connectivity index (χ4v) is 1.42. The van der Waals surface area contributed by atoms with E-state index in [2.05, 4.69) is 21.1 Å². The van der Waals surface area contributed by atoms with E-state index in [0.29, 0.717) is 11.0 Å². The van der Waals surface area contributed by atoms with Crippen molar-refractivity contribution in [1.29, 1.82) is 0 Å². The molecule has 0 unspecified atom stereocenters. The minimum Gasteiger partial charge on any atom is -0.360 e. The number of alkyl halides is 1. The first-order chi connectivity index (χ1) is 6.79. The summed E-state index contributed by atoms with van der Waals surface area (Å²) in [5, 5.41) is 4.43.